The van der Waals surface area contributed by atoms with Gasteiger partial charge in [0.2, 0.25) is 0 Å². The fraction of sp³-hybridized carbons (Fsp3) is 0.944. The molecule has 5 atom stereocenters. The topological polar surface area (TPSA) is 35.5 Å². The number of hydrogen-bond acceptors (Lipinski definition) is 3. The van der Waals surface area contributed by atoms with Gasteiger partial charge < -0.3 is 9.47 Å². The van der Waals surface area contributed by atoms with Gasteiger partial charge in [-0.05, 0) is 42.9 Å². The minimum Gasteiger partial charge on any atom is -0.462 e. The molecule has 2 fully saturated rings. The molecule has 0 N–H and O–H groups in total. The Morgan fingerprint density at radius 3 is 2.43 bits per heavy atom. The maximum Gasteiger partial charge on any atom is 0.311 e. The smallest absolute Gasteiger partial charge is 0.311 e. The normalized spacial score (nSPS) is 36.0. The minimum atomic E-state index is -0.0199. The van der Waals surface area contributed by atoms with Crippen LogP contribution in [0.3, 0.4) is 0 Å². The van der Waals surface area contributed by atoms with Crippen LogP contribution in [0.5, 0.6) is 0 Å². The molecule has 0 aromatic heterocycles. The van der Waals surface area contributed by atoms with Crippen molar-refractivity contribution < 1.29 is 14.3 Å². The van der Waals surface area contributed by atoms with Crippen LogP contribution in [0.25, 0.3) is 0 Å². The molecule has 122 valence electrons. The molecule has 2 aliphatic rings. The number of carbonyl (C=O) groups excluding carboxylic acids is 1. The summed E-state index contributed by atoms with van der Waals surface area (Å²) >= 11 is 0. The van der Waals surface area contributed by atoms with Crippen LogP contribution in [-0.2, 0) is 14.3 Å². The summed E-state index contributed by atoms with van der Waals surface area (Å²) < 4.78 is 11.6. The zero-order chi connectivity index (χ0) is 15.6. The third-order valence-electron chi connectivity index (χ3n) is 4.91. The van der Waals surface area contributed by atoms with E-state index in [1.165, 1.54) is 12.8 Å². The average Bonchev–Trinajstić information content (AvgIpc) is 3.15. The lowest BCUT2D eigenvalue weighted by Crippen LogP contribution is -2.36. The quantitative estimate of drug-likeness (QED) is 0.694. The van der Waals surface area contributed by atoms with Crippen molar-refractivity contribution in [3.63, 3.8) is 0 Å². The highest BCUT2D eigenvalue weighted by Crippen LogP contribution is 2.39. The number of esters is 1. The Kier molecular flexibility index (Phi) is 5.70. The zero-order valence-corrected chi connectivity index (χ0v) is 14.3. The molecule has 21 heavy (non-hydrogen) atoms. The van der Waals surface area contributed by atoms with Crippen molar-refractivity contribution in [2.75, 3.05) is 6.61 Å². The summed E-state index contributed by atoms with van der Waals surface area (Å²) in [7, 11) is 0. The lowest BCUT2D eigenvalue weighted by Gasteiger charge is -2.36. The Morgan fingerprint density at radius 1 is 1.10 bits per heavy atom. The first-order chi connectivity index (χ1) is 9.88. The van der Waals surface area contributed by atoms with Crippen LogP contribution in [0.2, 0.25) is 0 Å². The number of hydrogen-bond donors (Lipinski definition) is 0. The molecule has 0 unspecified atom stereocenters. The molecule has 2 aliphatic carbocycles. The van der Waals surface area contributed by atoms with Gasteiger partial charge in [0, 0.05) is 6.61 Å². The Hall–Kier alpha value is -0.570. The largest absolute Gasteiger partial charge is 0.462 e. The third kappa shape index (κ3) is 4.70. The summed E-state index contributed by atoms with van der Waals surface area (Å²) in [4.78, 5) is 12.3. The maximum absolute atomic E-state index is 12.3. The summed E-state index contributed by atoms with van der Waals surface area (Å²) in [5.74, 6) is 2.28. The second-order valence-electron chi connectivity index (χ2n) is 7.91. The molecule has 2 saturated carbocycles. The summed E-state index contributed by atoms with van der Waals surface area (Å²) in [5, 5.41) is 0. The van der Waals surface area contributed by atoms with Crippen molar-refractivity contribution in [3.05, 3.63) is 0 Å². The Labute approximate surface area is 129 Å². The molecule has 0 aromatic rings. The van der Waals surface area contributed by atoms with E-state index in [2.05, 4.69) is 34.6 Å². The van der Waals surface area contributed by atoms with Crippen LogP contribution >= 0.6 is 0 Å². The van der Waals surface area contributed by atoms with Gasteiger partial charge in [-0.25, -0.2) is 0 Å². The highest BCUT2D eigenvalue weighted by atomic mass is 16.6. The van der Waals surface area contributed by atoms with E-state index in [1.807, 2.05) is 0 Å². The van der Waals surface area contributed by atoms with Gasteiger partial charge in [-0.2, -0.15) is 0 Å². The lowest BCUT2D eigenvalue weighted by atomic mass is 9.75. The lowest BCUT2D eigenvalue weighted by molar-refractivity contribution is -0.158. The van der Waals surface area contributed by atoms with Gasteiger partial charge >= 0.3 is 5.97 Å². The first kappa shape index (κ1) is 16.8. The van der Waals surface area contributed by atoms with Gasteiger partial charge in [-0.3, -0.25) is 4.79 Å². The van der Waals surface area contributed by atoms with Gasteiger partial charge in [0.1, 0.15) is 6.10 Å². The van der Waals surface area contributed by atoms with Gasteiger partial charge in [0.15, 0.2) is 0 Å². The second kappa shape index (κ2) is 7.13. The van der Waals surface area contributed by atoms with Crippen LogP contribution in [0.1, 0.15) is 60.3 Å². The Morgan fingerprint density at radius 2 is 1.81 bits per heavy atom. The molecular formula is C18H32O3. The number of carbonyl (C=O) groups is 1. The minimum absolute atomic E-state index is 0.00575. The summed E-state index contributed by atoms with van der Waals surface area (Å²) in [5.41, 5.74) is 0. The third-order valence-corrected chi connectivity index (χ3v) is 4.91. The average molecular weight is 296 g/mol. The molecule has 0 aromatic carbocycles. The molecule has 3 nitrogen and oxygen atoms in total. The highest BCUT2D eigenvalue weighted by molar-refractivity contribution is 5.76. The molecule has 2 rings (SSSR count). The molecule has 0 heterocycles. The first-order valence-corrected chi connectivity index (χ1v) is 8.70. The molecule has 0 spiro atoms. The SMILES string of the molecule is CC(C)CO[C@@H]1C[C@@H]1C(=O)O[C@H]1C[C@@H](C)CC[C@@H]1C(C)C. The first-order valence-electron chi connectivity index (χ1n) is 8.70. The van der Waals surface area contributed by atoms with Crippen molar-refractivity contribution in [1.29, 1.82) is 0 Å². The second-order valence-corrected chi connectivity index (χ2v) is 7.91. The van der Waals surface area contributed by atoms with E-state index in [9.17, 15) is 4.79 Å². The molecule has 3 heteroatoms. The van der Waals surface area contributed by atoms with Crippen LogP contribution < -0.4 is 0 Å². The number of ether oxygens (including phenoxy) is 2. The molecular weight excluding hydrogens is 264 g/mol. The summed E-state index contributed by atoms with van der Waals surface area (Å²) in [6.45, 7) is 11.8. The molecule has 0 radical (unpaired) electrons. The molecule has 0 aliphatic heterocycles. The maximum atomic E-state index is 12.3. The van der Waals surface area contributed by atoms with Crippen molar-refractivity contribution in [1.82, 2.24) is 0 Å². The van der Waals surface area contributed by atoms with Crippen molar-refractivity contribution in [2.24, 2.45) is 29.6 Å². The molecule has 0 amide bonds. The standard InChI is InChI=1S/C18H32O3/c1-11(2)10-20-16-9-15(16)18(19)21-17-8-13(5)6-7-14(17)12(3)4/h11-17H,6-10H2,1-5H3/t13-,14+,15-,16+,17-/m0/s1. The van der Waals surface area contributed by atoms with E-state index >= 15 is 0 Å². The van der Waals surface area contributed by atoms with E-state index in [0.29, 0.717) is 23.7 Å². The molecule has 0 saturated heterocycles. The van der Waals surface area contributed by atoms with Gasteiger partial charge in [0.05, 0.1) is 12.0 Å². The fourth-order valence-electron chi connectivity index (χ4n) is 3.41. The summed E-state index contributed by atoms with van der Waals surface area (Å²) in [6.07, 6.45) is 4.56. The zero-order valence-electron chi connectivity index (χ0n) is 14.3. The Balaban J connectivity index is 1.81. The van der Waals surface area contributed by atoms with E-state index in [-0.39, 0.29) is 24.1 Å². The van der Waals surface area contributed by atoms with E-state index < -0.39 is 0 Å². The van der Waals surface area contributed by atoms with Crippen LogP contribution in [0, 0.1) is 29.6 Å². The van der Waals surface area contributed by atoms with E-state index in [0.717, 1.165) is 19.4 Å². The van der Waals surface area contributed by atoms with Crippen molar-refractivity contribution >= 4 is 5.97 Å². The highest BCUT2D eigenvalue weighted by Gasteiger charge is 2.47. The van der Waals surface area contributed by atoms with Crippen LogP contribution in [0.4, 0.5) is 0 Å². The monoisotopic (exact) mass is 296 g/mol. The Bertz CT molecular complexity index is 350. The van der Waals surface area contributed by atoms with Gasteiger partial charge in [-0.15, -0.1) is 0 Å². The van der Waals surface area contributed by atoms with E-state index in [4.69, 9.17) is 9.47 Å². The van der Waals surface area contributed by atoms with E-state index in [1.54, 1.807) is 0 Å². The van der Waals surface area contributed by atoms with Crippen molar-refractivity contribution in [2.45, 2.75) is 72.5 Å². The number of rotatable bonds is 6. The van der Waals surface area contributed by atoms with Crippen LogP contribution in [-0.4, -0.2) is 24.8 Å². The predicted molar refractivity (Wildman–Crippen MR) is 83.9 cm³/mol. The van der Waals surface area contributed by atoms with Gasteiger partial charge in [-0.1, -0.05) is 41.0 Å². The molecule has 0 bridgehead atoms. The summed E-state index contributed by atoms with van der Waals surface area (Å²) in [6, 6.07) is 0. The fourth-order valence-corrected chi connectivity index (χ4v) is 3.41. The van der Waals surface area contributed by atoms with Gasteiger partial charge in [0.25, 0.3) is 0 Å². The van der Waals surface area contributed by atoms with Crippen molar-refractivity contribution in [3.8, 4) is 0 Å². The predicted octanol–water partition coefficient (Wildman–Crippen LogP) is 4.05. The van der Waals surface area contributed by atoms with Crippen LogP contribution in [0.15, 0.2) is 0 Å².